The highest BCUT2D eigenvalue weighted by Crippen LogP contribution is 2.31. The number of amides is 3. The van der Waals surface area contributed by atoms with Crippen molar-refractivity contribution in [3.63, 3.8) is 0 Å². The van der Waals surface area contributed by atoms with Crippen molar-refractivity contribution >= 4 is 46.9 Å². The van der Waals surface area contributed by atoms with Gasteiger partial charge in [0.2, 0.25) is 5.91 Å². The number of benzene rings is 4. The first kappa shape index (κ1) is 33.5. The van der Waals surface area contributed by atoms with Crippen molar-refractivity contribution < 1.29 is 33.3 Å². The summed E-state index contributed by atoms with van der Waals surface area (Å²) in [5, 5.41) is 8.01. The number of carbonyl (C=O) groups excluding carboxylic acids is 3. The highest BCUT2D eigenvalue weighted by Gasteiger charge is 2.19. The van der Waals surface area contributed by atoms with Gasteiger partial charge in [-0.15, -0.1) is 11.8 Å². The summed E-state index contributed by atoms with van der Waals surface area (Å²) in [7, 11) is 6.13. The molecule has 0 aliphatic carbocycles. The fraction of sp³-hybridized carbons (Fsp3) is 0.171. The van der Waals surface area contributed by atoms with E-state index in [-0.39, 0.29) is 11.6 Å². The Labute approximate surface area is 272 Å². The fourth-order valence-electron chi connectivity index (χ4n) is 4.27. The van der Waals surface area contributed by atoms with E-state index in [1.165, 1.54) is 33.1 Å². The van der Waals surface area contributed by atoms with E-state index in [2.05, 4.69) is 16.0 Å². The van der Waals surface area contributed by atoms with Gasteiger partial charge in [-0.25, -0.2) is 0 Å². The summed E-state index contributed by atoms with van der Waals surface area (Å²) < 4.78 is 21.3. The van der Waals surface area contributed by atoms with E-state index in [1.807, 2.05) is 0 Å². The molecule has 46 heavy (non-hydrogen) atoms. The molecule has 238 valence electrons. The average molecular weight is 642 g/mol. The molecule has 3 amide bonds. The second-order valence-corrected chi connectivity index (χ2v) is 11.2. The van der Waals surface area contributed by atoms with Gasteiger partial charge in [-0.1, -0.05) is 24.3 Å². The maximum atomic E-state index is 13.5. The summed E-state index contributed by atoms with van der Waals surface area (Å²) in [6.07, 6.45) is 1.56. The fourth-order valence-corrected chi connectivity index (χ4v) is 5.14. The quantitative estimate of drug-likeness (QED) is 0.116. The summed E-state index contributed by atoms with van der Waals surface area (Å²) in [6, 6.07) is 26.0. The Hall–Kier alpha value is -5.42. The summed E-state index contributed by atoms with van der Waals surface area (Å²) in [6.45, 7) is 1.79. The number of nitrogens with one attached hydrogen (secondary N) is 3. The summed E-state index contributed by atoms with van der Waals surface area (Å²) in [5.41, 5.74) is 2.05. The molecule has 4 aromatic rings. The minimum absolute atomic E-state index is 0.0257. The molecule has 0 saturated carbocycles. The lowest BCUT2D eigenvalue weighted by Gasteiger charge is -2.15. The van der Waals surface area contributed by atoms with Gasteiger partial charge >= 0.3 is 0 Å². The molecule has 0 heterocycles. The van der Waals surface area contributed by atoms with Crippen LogP contribution < -0.4 is 34.9 Å². The van der Waals surface area contributed by atoms with E-state index in [0.717, 1.165) is 4.90 Å². The molecular formula is C35H35N3O7S. The van der Waals surface area contributed by atoms with Crippen molar-refractivity contribution in [2.45, 2.75) is 17.1 Å². The van der Waals surface area contributed by atoms with Crippen LogP contribution in [0.4, 0.5) is 11.4 Å². The molecule has 11 heteroatoms. The maximum Gasteiger partial charge on any atom is 0.272 e. The van der Waals surface area contributed by atoms with Gasteiger partial charge in [-0.3, -0.25) is 14.4 Å². The van der Waals surface area contributed by atoms with Crippen LogP contribution in [0.5, 0.6) is 23.0 Å². The van der Waals surface area contributed by atoms with Gasteiger partial charge in [0.05, 0.1) is 39.4 Å². The van der Waals surface area contributed by atoms with Crippen LogP contribution in [0.25, 0.3) is 6.08 Å². The van der Waals surface area contributed by atoms with Gasteiger partial charge in [0, 0.05) is 22.2 Å². The van der Waals surface area contributed by atoms with E-state index in [9.17, 15) is 14.4 Å². The molecule has 1 atom stereocenters. The number of rotatable bonds is 13. The zero-order valence-corrected chi connectivity index (χ0v) is 26.9. The molecule has 10 nitrogen and oxygen atoms in total. The first-order valence-electron chi connectivity index (χ1n) is 14.2. The topological polar surface area (TPSA) is 124 Å². The van der Waals surface area contributed by atoms with Crippen LogP contribution >= 0.6 is 11.8 Å². The van der Waals surface area contributed by atoms with Crippen LogP contribution in [-0.4, -0.2) is 51.4 Å². The molecule has 0 bridgehead atoms. The third kappa shape index (κ3) is 8.82. The van der Waals surface area contributed by atoms with Gasteiger partial charge in [-0.05, 0) is 79.2 Å². The first-order valence-corrected chi connectivity index (χ1v) is 15.0. The third-order valence-electron chi connectivity index (χ3n) is 6.71. The summed E-state index contributed by atoms with van der Waals surface area (Å²) in [4.78, 5) is 40.2. The van der Waals surface area contributed by atoms with E-state index in [0.29, 0.717) is 45.5 Å². The molecule has 3 N–H and O–H groups in total. The molecule has 0 spiro atoms. The minimum atomic E-state index is -0.528. The normalized spacial score (nSPS) is 11.5. The van der Waals surface area contributed by atoms with Crippen molar-refractivity contribution in [1.29, 1.82) is 0 Å². The average Bonchev–Trinajstić information content (AvgIpc) is 3.08. The number of carbonyl (C=O) groups is 3. The van der Waals surface area contributed by atoms with Crippen LogP contribution in [0.3, 0.4) is 0 Å². The predicted octanol–water partition coefficient (Wildman–Crippen LogP) is 6.25. The lowest BCUT2D eigenvalue weighted by atomic mass is 10.1. The van der Waals surface area contributed by atoms with Crippen molar-refractivity contribution in [1.82, 2.24) is 5.32 Å². The number of anilines is 2. The Bertz CT molecular complexity index is 1710. The lowest BCUT2D eigenvalue weighted by Crippen LogP contribution is -2.30. The number of hydrogen-bond donors (Lipinski definition) is 3. The molecule has 0 radical (unpaired) electrons. The molecule has 0 saturated heterocycles. The van der Waals surface area contributed by atoms with Crippen LogP contribution in [0, 0.1) is 0 Å². The van der Waals surface area contributed by atoms with Gasteiger partial charge in [-0.2, -0.15) is 0 Å². The minimum Gasteiger partial charge on any atom is -0.497 e. The predicted molar refractivity (Wildman–Crippen MR) is 180 cm³/mol. The zero-order valence-electron chi connectivity index (χ0n) is 26.1. The maximum absolute atomic E-state index is 13.5. The monoisotopic (exact) mass is 641 g/mol. The highest BCUT2D eigenvalue weighted by atomic mass is 32.2. The SMILES string of the molecule is COc1ccc(OC)c(NC(=O)C(C)Sc2ccc(NC(=O)/C(=C/c3ccc(OC)c(OC)c3)NC(=O)c3ccccc3)cc2)c1. The Morgan fingerprint density at radius 2 is 1.39 bits per heavy atom. The van der Waals surface area contributed by atoms with Crippen molar-refractivity contribution in [2.24, 2.45) is 0 Å². The van der Waals surface area contributed by atoms with Crippen molar-refractivity contribution in [2.75, 3.05) is 39.1 Å². The Kier molecular flexibility index (Phi) is 11.7. The molecule has 0 fully saturated rings. The standard InChI is InChI=1S/C35H35N3O7S/c1-22(33(39)37-28-21-26(42-2)14-18-30(28)43-3)46-27-15-12-25(13-16-27)36-35(41)29(38-34(40)24-9-7-6-8-10-24)19-23-11-17-31(44-4)32(20-23)45-5/h6-22H,1-5H3,(H,36,41)(H,37,39)(H,38,40)/b29-19-. The second kappa shape index (κ2) is 16.1. The van der Waals surface area contributed by atoms with Gasteiger partial charge in [0.15, 0.2) is 11.5 Å². The molecule has 0 aliphatic rings. The zero-order chi connectivity index (χ0) is 33.1. The molecule has 0 aliphatic heterocycles. The molecular weight excluding hydrogens is 606 g/mol. The summed E-state index contributed by atoms with van der Waals surface area (Å²) >= 11 is 1.36. The Balaban J connectivity index is 1.47. The smallest absolute Gasteiger partial charge is 0.272 e. The number of methoxy groups -OCH3 is 4. The molecule has 4 rings (SSSR count). The van der Waals surface area contributed by atoms with Gasteiger partial charge < -0.3 is 34.9 Å². The largest absolute Gasteiger partial charge is 0.497 e. The van der Waals surface area contributed by atoms with E-state index in [1.54, 1.807) is 111 Å². The third-order valence-corrected chi connectivity index (χ3v) is 7.82. The van der Waals surface area contributed by atoms with E-state index >= 15 is 0 Å². The number of hydrogen-bond acceptors (Lipinski definition) is 8. The summed E-state index contributed by atoms with van der Waals surface area (Å²) in [5.74, 6) is 0.940. The Morgan fingerprint density at radius 1 is 0.717 bits per heavy atom. The van der Waals surface area contributed by atoms with E-state index in [4.69, 9.17) is 18.9 Å². The van der Waals surface area contributed by atoms with Crippen LogP contribution in [-0.2, 0) is 9.59 Å². The van der Waals surface area contributed by atoms with Crippen LogP contribution in [0.1, 0.15) is 22.8 Å². The molecule has 1 unspecified atom stereocenters. The molecule has 4 aromatic carbocycles. The first-order chi connectivity index (χ1) is 22.2. The van der Waals surface area contributed by atoms with Gasteiger partial charge in [0.1, 0.15) is 17.2 Å². The van der Waals surface area contributed by atoms with Crippen molar-refractivity contribution in [3.05, 3.63) is 108 Å². The number of thioether (sulfide) groups is 1. The molecule has 0 aromatic heterocycles. The van der Waals surface area contributed by atoms with Crippen LogP contribution in [0.2, 0.25) is 0 Å². The van der Waals surface area contributed by atoms with Crippen LogP contribution in [0.15, 0.2) is 102 Å². The Morgan fingerprint density at radius 3 is 2.04 bits per heavy atom. The van der Waals surface area contributed by atoms with E-state index < -0.39 is 17.1 Å². The highest BCUT2D eigenvalue weighted by molar-refractivity contribution is 8.00. The van der Waals surface area contributed by atoms with Crippen molar-refractivity contribution in [3.8, 4) is 23.0 Å². The number of ether oxygens (including phenoxy) is 4. The lowest BCUT2D eigenvalue weighted by molar-refractivity contribution is -0.115. The van der Waals surface area contributed by atoms with Gasteiger partial charge in [0.25, 0.3) is 11.8 Å². The second-order valence-electron chi connectivity index (χ2n) is 9.79.